The maximum atomic E-state index is 12.6. The van der Waals surface area contributed by atoms with Crippen molar-refractivity contribution in [3.05, 3.63) is 0 Å². The minimum Gasteiger partial charge on any atom is -0.301 e. The summed E-state index contributed by atoms with van der Waals surface area (Å²) in [7, 11) is -3.62. The monoisotopic (exact) mass is 318 g/mol. The van der Waals surface area contributed by atoms with E-state index in [1.165, 1.54) is 11.2 Å². The number of anilines is 1. The maximum Gasteiger partial charge on any atom is 0.272 e. The van der Waals surface area contributed by atoms with Crippen LogP contribution in [0, 0.1) is 5.92 Å². The fraction of sp³-hybridized carbons (Fsp3) is 0.727. The van der Waals surface area contributed by atoms with Crippen molar-refractivity contribution in [1.29, 1.82) is 0 Å². The van der Waals surface area contributed by atoms with Crippen LogP contribution < -0.4 is 5.32 Å². The lowest BCUT2D eigenvalue weighted by Crippen LogP contribution is -2.38. The smallest absolute Gasteiger partial charge is 0.272 e. The average molecular weight is 318 g/mol. The summed E-state index contributed by atoms with van der Waals surface area (Å²) in [5.41, 5.74) is 0. The molecule has 20 heavy (non-hydrogen) atoms. The molecule has 1 aliphatic rings. The predicted molar refractivity (Wildman–Crippen MR) is 76.0 cm³/mol. The van der Waals surface area contributed by atoms with Crippen LogP contribution >= 0.6 is 11.3 Å². The first-order valence-corrected chi connectivity index (χ1v) is 8.71. The zero-order valence-electron chi connectivity index (χ0n) is 11.7. The quantitative estimate of drug-likeness (QED) is 0.845. The molecule has 1 atom stereocenters. The molecule has 0 aromatic carbocycles. The highest BCUT2D eigenvalue weighted by Crippen LogP contribution is 2.31. The second-order valence-corrected chi connectivity index (χ2v) is 8.17. The lowest BCUT2D eigenvalue weighted by molar-refractivity contribution is -0.114. The number of carbonyl (C=O) groups is 1. The van der Waals surface area contributed by atoms with Crippen molar-refractivity contribution >= 4 is 32.4 Å². The SMILES string of the molecule is CC(=O)Nc1nnc(S(=O)(=O)N2CCCC2C(C)C)s1. The first kappa shape index (κ1) is 15.3. The molecular weight excluding hydrogens is 300 g/mol. The molecule has 9 heteroatoms. The summed E-state index contributed by atoms with van der Waals surface area (Å²) in [5, 5.41) is 10.0. The van der Waals surface area contributed by atoms with Crippen LogP contribution in [0.2, 0.25) is 0 Å². The summed E-state index contributed by atoms with van der Waals surface area (Å²) in [5.74, 6) is -0.0404. The van der Waals surface area contributed by atoms with E-state index >= 15 is 0 Å². The summed E-state index contributed by atoms with van der Waals surface area (Å²) in [6, 6.07) is 0.00752. The van der Waals surface area contributed by atoms with Crippen molar-refractivity contribution in [3.63, 3.8) is 0 Å². The Morgan fingerprint density at radius 2 is 2.15 bits per heavy atom. The number of amides is 1. The van der Waals surface area contributed by atoms with E-state index in [1.807, 2.05) is 13.8 Å². The van der Waals surface area contributed by atoms with Crippen molar-refractivity contribution < 1.29 is 13.2 Å². The van der Waals surface area contributed by atoms with Crippen molar-refractivity contribution in [3.8, 4) is 0 Å². The fourth-order valence-electron chi connectivity index (χ4n) is 2.35. The van der Waals surface area contributed by atoms with Crippen LogP contribution in [0.1, 0.15) is 33.6 Å². The third-order valence-corrected chi connectivity index (χ3v) is 6.35. The number of sulfonamides is 1. The van der Waals surface area contributed by atoms with E-state index in [0.29, 0.717) is 6.54 Å². The Kier molecular flexibility index (Phi) is 4.40. The Labute approximate surface area is 122 Å². The Balaban J connectivity index is 2.26. The van der Waals surface area contributed by atoms with Crippen LogP contribution in [0.5, 0.6) is 0 Å². The molecule has 1 amide bonds. The molecule has 0 spiro atoms. The van der Waals surface area contributed by atoms with E-state index in [0.717, 1.165) is 24.2 Å². The highest BCUT2D eigenvalue weighted by atomic mass is 32.2. The second kappa shape index (κ2) is 5.74. The molecule has 0 radical (unpaired) electrons. The molecular formula is C11H18N4O3S2. The van der Waals surface area contributed by atoms with E-state index in [4.69, 9.17) is 0 Å². The molecule has 1 fully saturated rings. The third kappa shape index (κ3) is 2.99. The van der Waals surface area contributed by atoms with Gasteiger partial charge in [-0.05, 0) is 18.8 Å². The molecule has 1 aromatic rings. The Morgan fingerprint density at radius 3 is 2.75 bits per heavy atom. The predicted octanol–water partition coefficient (Wildman–Crippen LogP) is 1.31. The van der Waals surface area contributed by atoms with Gasteiger partial charge in [-0.25, -0.2) is 8.42 Å². The van der Waals surface area contributed by atoms with Gasteiger partial charge in [0.1, 0.15) is 0 Å². The zero-order valence-corrected chi connectivity index (χ0v) is 13.3. The summed E-state index contributed by atoms with van der Waals surface area (Å²) in [6.45, 7) is 5.88. The van der Waals surface area contributed by atoms with Crippen LogP contribution in [-0.4, -0.2) is 41.4 Å². The molecule has 2 heterocycles. The summed E-state index contributed by atoms with van der Waals surface area (Å²) >= 11 is 0.885. The van der Waals surface area contributed by atoms with Crippen LogP contribution in [0.25, 0.3) is 0 Å². The van der Waals surface area contributed by atoms with E-state index in [1.54, 1.807) is 0 Å². The number of aromatic nitrogens is 2. The Hall–Kier alpha value is -1.06. The molecule has 0 aliphatic carbocycles. The van der Waals surface area contributed by atoms with Crippen LogP contribution in [0.3, 0.4) is 0 Å². The molecule has 0 bridgehead atoms. The summed E-state index contributed by atoms with van der Waals surface area (Å²) < 4.78 is 26.6. The first-order chi connectivity index (χ1) is 9.32. The molecule has 7 nitrogen and oxygen atoms in total. The number of hydrogen-bond donors (Lipinski definition) is 1. The molecule has 1 saturated heterocycles. The molecule has 1 aromatic heterocycles. The van der Waals surface area contributed by atoms with Crippen molar-refractivity contribution in [2.45, 2.75) is 44.0 Å². The number of nitrogens with zero attached hydrogens (tertiary/aromatic N) is 3. The van der Waals surface area contributed by atoms with Gasteiger partial charge < -0.3 is 5.32 Å². The molecule has 2 rings (SSSR count). The highest BCUT2D eigenvalue weighted by Gasteiger charge is 2.38. The van der Waals surface area contributed by atoms with Crippen LogP contribution in [0.4, 0.5) is 5.13 Å². The van der Waals surface area contributed by atoms with Crippen molar-refractivity contribution in [2.24, 2.45) is 5.92 Å². The number of rotatable bonds is 4. The summed E-state index contributed by atoms with van der Waals surface area (Å²) in [6.07, 6.45) is 1.73. The van der Waals surface area contributed by atoms with E-state index in [-0.39, 0.29) is 27.3 Å². The average Bonchev–Trinajstić information content (AvgIpc) is 2.95. The highest BCUT2D eigenvalue weighted by molar-refractivity contribution is 7.91. The maximum absolute atomic E-state index is 12.6. The molecule has 112 valence electrons. The van der Waals surface area contributed by atoms with Gasteiger partial charge in [0.15, 0.2) is 0 Å². The van der Waals surface area contributed by atoms with Gasteiger partial charge in [-0.1, -0.05) is 25.2 Å². The Bertz CT molecular complexity index is 597. The molecule has 1 N–H and O–H groups in total. The third-order valence-electron chi connectivity index (χ3n) is 3.24. The minimum atomic E-state index is -3.62. The van der Waals surface area contributed by atoms with Gasteiger partial charge in [0.05, 0.1) is 0 Å². The molecule has 1 aliphatic heterocycles. The van der Waals surface area contributed by atoms with Crippen LogP contribution in [0.15, 0.2) is 4.34 Å². The van der Waals surface area contributed by atoms with Crippen molar-refractivity contribution in [2.75, 3.05) is 11.9 Å². The zero-order chi connectivity index (χ0) is 14.9. The van der Waals surface area contributed by atoms with Gasteiger partial charge in [-0.15, -0.1) is 10.2 Å². The van der Waals surface area contributed by atoms with Gasteiger partial charge in [0.25, 0.3) is 10.0 Å². The van der Waals surface area contributed by atoms with Gasteiger partial charge in [0, 0.05) is 19.5 Å². The number of carbonyl (C=O) groups excluding carboxylic acids is 1. The van der Waals surface area contributed by atoms with E-state index in [2.05, 4.69) is 15.5 Å². The van der Waals surface area contributed by atoms with Gasteiger partial charge in [-0.2, -0.15) is 4.31 Å². The van der Waals surface area contributed by atoms with Crippen LogP contribution in [-0.2, 0) is 14.8 Å². The fourth-order valence-corrected chi connectivity index (χ4v) is 5.23. The van der Waals surface area contributed by atoms with Gasteiger partial charge >= 0.3 is 0 Å². The lowest BCUT2D eigenvalue weighted by Gasteiger charge is -2.25. The first-order valence-electron chi connectivity index (χ1n) is 6.45. The van der Waals surface area contributed by atoms with Gasteiger partial charge in [-0.3, -0.25) is 4.79 Å². The lowest BCUT2D eigenvalue weighted by atomic mass is 10.0. The topological polar surface area (TPSA) is 92.3 Å². The molecule has 0 saturated carbocycles. The van der Waals surface area contributed by atoms with E-state index in [9.17, 15) is 13.2 Å². The summed E-state index contributed by atoms with van der Waals surface area (Å²) in [4.78, 5) is 10.9. The van der Waals surface area contributed by atoms with Gasteiger partial charge in [0.2, 0.25) is 15.4 Å². The largest absolute Gasteiger partial charge is 0.301 e. The second-order valence-electron chi connectivity index (χ2n) is 5.12. The van der Waals surface area contributed by atoms with E-state index < -0.39 is 10.0 Å². The van der Waals surface area contributed by atoms with Crippen molar-refractivity contribution in [1.82, 2.24) is 14.5 Å². The normalized spacial score (nSPS) is 20.5. The number of hydrogen-bond acceptors (Lipinski definition) is 6. The standard InChI is InChI=1S/C11H18N4O3S2/c1-7(2)9-5-4-6-15(9)20(17,18)11-14-13-10(19-11)12-8(3)16/h7,9H,4-6H2,1-3H3,(H,12,13,16). The minimum absolute atomic E-state index is 0.00752. The number of nitrogens with one attached hydrogen (secondary N) is 1. The Morgan fingerprint density at radius 1 is 1.45 bits per heavy atom. The molecule has 1 unspecified atom stereocenters.